The van der Waals surface area contributed by atoms with Gasteiger partial charge in [-0.3, -0.25) is 4.98 Å². The number of ether oxygens (including phenoxy) is 2. The number of pyridine rings is 1. The van der Waals surface area contributed by atoms with Gasteiger partial charge in [0.15, 0.2) is 0 Å². The Kier molecular flexibility index (Phi) is 12.3. The van der Waals surface area contributed by atoms with Crippen molar-refractivity contribution in [3.8, 4) is 28.1 Å². The molecule has 5 rings (SSSR count). The van der Waals surface area contributed by atoms with Gasteiger partial charge in [0.1, 0.15) is 5.75 Å². The smallest absolute Gasteiger partial charge is 0.338 e. The van der Waals surface area contributed by atoms with E-state index in [-0.39, 0.29) is 5.97 Å². The van der Waals surface area contributed by atoms with E-state index in [1.54, 1.807) is 7.11 Å². The van der Waals surface area contributed by atoms with Crippen LogP contribution in [0.4, 0.5) is 5.69 Å². The van der Waals surface area contributed by atoms with Crippen molar-refractivity contribution >= 4 is 17.2 Å². The lowest BCUT2D eigenvalue weighted by Crippen LogP contribution is -2.20. The molecule has 1 aromatic heterocycles. The minimum Gasteiger partial charge on any atom is -0.497 e. The summed E-state index contributed by atoms with van der Waals surface area (Å²) in [6, 6.07) is 26.7. The zero-order valence-corrected chi connectivity index (χ0v) is 27.5. The first-order chi connectivity index (χ1) is 21.8. The van der Waals surface area contributed by atoms with Crippen LogP contribution in [-0.4, -0.2) is 70.9 Å². The van der Waals surface area contributed by atoms with Gasteiger partial charge in [-0.1, -0.05) is 55.5 Å². The van der Waals surface area contributed by atoms with Gasteiger partial charge in [0.05, 0.1) is 37.4 Å². The molecule has 0 atom stereocenters. The predicted octanol–water partition coefficient (Wildman–Crippen LogP) is 7.18. The number of nitrogens with one attached hydrogen (secondary N) is 1. The molecular weight excluding hydrogens is 560 g/mol. The van der Waals surface area contributed by atoms with Gasteiger partial charge >= 0.3 is 5.97 Å². The van der Waals surface area contributed by atoms with Crippen molar-refractivity contribution in [2.24, 2.45) is 0 Å². The first kappa shape index (κ1) is 33.4. The van der Waals surface area contributed by atoms with E-state index in [1.165, 1.54) is 18.2 Å². The van der Waals surface area contributed by atoms with E-state index >= 15 is 0 Å². The summed E-state index contributed by atoms with van der Waals surface area (Å²) in [5.41, 5.74) is 9.37. The molecule has 0 radical (unpaired) electrons. The zero-order chi connectivity index (χ0) is 32.2. The fraction of sp³-hybridized carbons (Fsp3) is 0.316. The molecule has 1 N–H and O–H groups in total. The summed E-state index contributed by atoms with van der Waals surface area (Å²) in [6.45, 7) is 5.87. The van der Waals surface area contributed by atoms with E-state index in [0.29, 0.717) is 5.56 Å². The number of aromatic nitrogens is 1. The number of methoxy groups -OCH3 is 2. The summed E-state index contributed by atoms with van der Waals surface area (Å²) < 4.78 is 10.1. The molecule has 0 aliphatic carbocycles. The second-order valence-corrected chi connectivity index (χ2v) is 11.4. The molecule has 0 fully saturated rings. The van der Waals surface area contributed by atoms with Crippen molar-refractivity contribution < 1.29 is 14.3 Å². The van der Waals surface area contributed by atoms with Gasteiger partial charge in [-0.05, 0) is 97.7 Å². The lowest BCUT2D eigenvalue weighted by molar-refractivity contribution is 0.0600. The average molecular weight is 607 g/mol. The van der Waals surface area contributed by atoms with Crippen molar-refractivity contribution in [1.29, 1.82) is 0 Å². The van der Waals surface area contributed by atoms with Gasteiger partial charge in [-0.15, -0.1) is 0 Å². The SMILES string of the molecule is CCCN(C)c1ccc(-c2ccc(-c3ccc(C(=O)OC)c(C4=CCNCC4)c3)cc2)nc1.COc1cccc(CN(C)C)c1. The van der Waals surface area contributed by atoms with Crippen molar-refractivity contribution in [3.63, 3.8) is 0 Å². The number of hydrogen-bond acceptors (Lipinski definition) is 7. The Hall–Kier alpha value is -4.46. The molecule has 0 saturated carbocycles. The minimum absolute atomic E-state index is 0.301. The molecule has 0 bridgehead atoms. The standard InChI is InChI=1S/C28H31N3O2.C10H15NO/c1-4-17-31(2)24-10-12-27(30-19-24)22-7-5-20(6-8-22)23-9-11-25(28(32)33-3)26(18-23)21-13-15-29-16-14-21;1-11(2)8-9-5-4-6-10(7-9)12-3/h5-13,18-19,29H,4,14-17H2,1-3H3;4-7H,8H2,1-3H3. The molecule has 2 heterocycles. The maximum absolute atomic E-state index is 12.4. The Balaban J connectivity index is 0.000000323. The Morgan fingerprint density at radius 1 is 0.911 bits per heavy atom. The zero-order valence-electron chi connectivity index (χ0n) is 27.5. The fourth-order valence-corrected chi connectivity index (χ4v) is 5.36. The molecule has 1 aliphatic heterocycles. The number of anilines is 1. The predicted molar refractivity (Wildman–Crippen MR) is 186 cm³/mol. The van der Waals surface area contributed by atoms with Gasteiger partial charge in [-0.25, -0.2) is 4.79 Å². The van der Waals surface area contributed by atoms with Gasteiger partial charge < -0.3 is 24.6 Å². The number of esters is 1. The third-order valence-electron chi connectivity index (χ3n) is 7.73. The molecule has 236 valence electrons. The minimum atomic E-state index is -0.301. The molecule has 0 unspecified atom stereocenters. The van der Waals surface area contributed by atoms with Crippen LogP contribution in [0, 0.1) is 0 Å². The molecule has 0 spiro atoms. The van der Waals surface area contributed by atoms with E-state index in [1.807, 2.05) is 30.5 Å². The van der Waals surface area contributed by atoms with Crippen LogP contribution in [-0.2, 0) is 11.3 Å². The molecular formula is C38H46N4O3. The summed E-state index contributed by atoms with van der Waals surface area (Å²) in [4.78, 5) is 21.4. The highest BCUT2D eigenvalue weighted by Crippen LogP contribution is 2.31. The van der Waals surface area contributed by atoms with E-state index in [9.17, 15) is 4.79 Å². The largest absolute Gasteiger partial charge is 0.497 e. The van der Waals surface area contributed by atoms with E-state index < -0.39 is 0 Å². The fourth-order valence-electron chi connectivity index (χ4n) is 5.36. The summed E-state index contributed by atoms with van der Waals surface area (Å²) in [6.07, 6.45) is 6.09. The molecule has 4 aromatic rings. The van der Waals surface area contributed by atoms with Crippen molar-refractivity contribution in [3.05, 3.63) is 108 Å². The van der Waals surface area contributed by atoms with Crippen LogP contribution < -0.4 is 15.0 Å². The monoisotopic (exact) mass is 606 g/mol. The van der Waals surface area contributed by atoms with Crippen molar-refractivity contribution in [2.75, 3.05) is 59.9 Å². The van der Waals surface area contributed by atoms with Gasteiger partial charge in [-0.2, -0.15) is 0 Å². The molecule has 1 aliphatic rings. The maximum Gasteiger partial charge on any atom is 0.338 e. The number of nitrogens with zero attached hydrogens (tertiary/aromatic N) is 3. The quantitative estimate of drug-likeness (QED) is 0.192. The second-order valence-electron chi connectivity index (χ2n) is 11.4. The normalized spacial score (nSPS) is 12.6. The van der Waals surface area contributed by atoms with E-state index in [0.717, 1.165) is 78.4 Å². The highest BCUT2D eigenvalue weighted by molar-refractivity contribution is 5.96. The average Bonchev–Trinajstić information content (AvgIpc) is 3.08. The van der Waals surface area contributed by atoms with Crippen LogP contribution in [0.5, 0.6) is 5.75 Å². The highest BCUT2D eigenvalue weighted by atomic mass is 16.5. The molecule has 45 heavy (non-hydrogen) atoms. The van der Waals surface area contributed by atoms with Crippen LogP contribution in [0.3, 0.4) is 0 Å². The summed E-state index contributed by atoms with van der Waals surface area (Å²) >= 11 is 0. The number of benzene rings is 3. The third kappa shape index (κ3) is 9.27. The lowest BCUT2D eigenvalue weighted by atomic mass is 9.91. The summed E-state index contributed by atoms with van der Waals surface area (Å²) in [5, 5.41) is 3.33. The van der Waals surface area contributed by atoms with Crippen LogP contribution in [0.15, 0.2) is 91.1 Å². The van der Waals surface area contributed by atoms with Crippen molar-refractivity contribution in [1.82, 2.24) is 15.2 Å². The van der Waals surface area contributed by atoms with Crippen LogP contribution in [0.1, 0.15) is 41.3 Å². The van der Waals surface area contributed by atoms with E-state index in [2.05, 4.69) is 109 Å². The van der Waals surface area contributed by atoms with E-state index in [4.69, 9.17) is 9.47 Å². The first-order valence-electron chi connectivity index (χ1n) is 15.5. The van der Waals surface area contributed by atoms with Crippen LogP contribution in [0.2, 0.25) is 0 Å². The van der Waals surface area contributed by atoms with Crippen LogP contribution >= 0.6 is 0 Å². The third-order valence-corrected chi connectivity index (χ3v) is 7.73. The number of hydrogen-bond donors (Lipinski definition) is 1. The second kappa shape index (κ2) is 16.6. The van der Waals surface area contributed by atoms with Crippen LogP contribution in [0.25, 0.3) is 28.0 Å². The maximum atomic E-state index is 12.4. The molecule has 0 amide bonds. The first-order valence-corrected chi connectivity index (χ1v) is 15.5. The number of carbonyl (C=O) groups excluding carboxylic acids is 1. The summed E-state index contributed by atoms with van der Waals surface area (Å²) in [7, 11) is 9.32. The highest BCUT2D eigenvalue weighted by Gasteiger charge is 2.17. The van der Waals surface area contributed by atoms with Gasteiger partial charge in [0.2, 0.25) is 0 Å². The van der Waals surface area contributed by atoms with Crippen molar-refractivity contribution in [2.45, 2.75) is 26.3 Å². The van der Waals surface area contributed by atoms with Gasteiger partial charge in [0.25, 0.3) is 0 Å². The Labute approximate surface area is 268 Å². The number of carbonyl (C=O) groups is 1. The number of rotatable bonds is 10. The molecule has 7 heteroatoms. The topological polar surface area (TPSA) is 66.9 Å². The molecule has 0 saturated heterocycles. The Morgan fingerprint density at radius 2 is 1.67 bits per heavy atom. The lowest BCUT2D eigenvalue weighted by Gasteiger charge is -2.18. The molecule has 3 aromatic carbocycles. The Bertz CT molecular complexity index is 1560. The van der Waals surface area contributed by atoms with Gasteiger partial charge in [0, 0.05) is 32.2 Å². The Morgan fingerprint density at radius 3 is 2.29 bits per heavy atom. The molecule has 7 nitrogen and oxygen atoms in total. The summed E-state index contributed by atoms with van der Waals surface area (Å²) in [5.74, 6) is 0.625.